The first-order valence-corrected chi connectivity index (χ1v) is 8.10. The summed E-state index contributed by atoms with van der Waals surface area (Å²) in [4.78, 5) is 15.8. The molecule has 0 amide bonds. The second-order valence-corrected chi connectivity index (χ2v) is 5.52. The zero-order chi connectivity index (χ0) is 17.5. The molecule has 0 aliphatic rings. The maximum Gasteiger partial charge on any atom is 0.242 e. The largest absolute Gasteiger partial charge is 0.476 e. The molecule has 0 atom stereocenters. The van der Waals surface area contributed by atoms with Crippen LogP contribution in [0.2, 0.25) is 0 Å². The zero-order valence-electron chi connectivity index (χ0n) is 14.6. The van der Waals surface area contributed by atoms with E-state index < -0.39 is 0 Å². The second kappa shape index (κ2) is 8.24. The minimum absolute atomic E-state index is 0.471. The number of carbonyl (C=O) groups excluding carboxylic acids is 1. The number of carbonyl (C=O) groups is 1. The lowest BCUT2D eigenvalue weighted by molar-refractivity contribution is 0.111. The number of hydrogen-bond donors (Lipinski definition) is 0. The van der Waals surface area contributed by atoms with Crippen molar-refractivity contribution in [2.75, 3.05) is 6.61 Å². The van der Waals surface area contributed by atoms with Crippen LogP contribution in [0.3, 0.4) is 0 Å². The third-order valence-electron chi connectivity index (χ3n) is 3.30. The fraction of sp³-hybridized carbons (Fsp3) is 0.316. The molecule has 0 aliphatic carbocycles. The summed E-state index contributed by atoms with van der Waals surface area (Å²) in [5.74, 6) is 1.01. The summed E-state index contributed by atoms with van der Waals surface area (Å²) in [6.07, 6.45) is 9.65. The predicted molar refractivity (Wildman–Crippen MR) is 96.4 cm³/mol. The van der Waals surface area contributed by atoms with E-state index in [1.54, 1.807) is 16.6 Å². The first-order chi connectivity index (χ1) is 11.6. The number of aromatic nitrogens is 3. The average molecular weight is 325 g/mol. The molecule has 0 saturated heterocycles. The van der Waals surface area contributed by atoms with E-state index in [0.717, 1.165) is 18.3 Å². The van der Waals surface area contributed by atoms with Crippen LogP contribution in [0, 0.1) is 0 Å². The number of aldehydes is 1. The quantitative estimate of drug-likeness (QED) is 0.564. The molecule has 5 nitrogen and oxygen atoms in total. The van der Waals surface area contributed by atoms with Gasteiger partial charge in [0.05, 0.1) is 6.61 Å². The third kappa shape index (κ3) is 3.98. The number of allylic oxidation sites excluding steroid dienone is 6. The number of nitrogens with zero attached hydrogens (tertiary/aromatic N) is 3. The maximum atomic E-state index is 11.2. The molecule has 0 bridgehead atoms. The molecule has 0 fully saturated rings. The molecule has 5 heteroatoms. The van der Waals surface area contributed by atoms with Crippen molar-refractivity contribution in [1.29, 1.82) is 0 Å². The van der Waals surface area contributed by atoms with Gasteiger partial charge in [0.25, 0.3) is 0 Å². The van der Waals surface area contributed by atoms with Crippen LogP contribution in [0.4, 0.5) is 0 Å². The summed E-state index contributed by atoms with van der Waals surface area (Å²) in [6, 6.07) is 3.51. The lowest BCUT2D eigenvalue weighted by Crippen LogP contribution is -2.07. The molecule has 0 saturated carbocycles. The minimum Gasteiger partial charge on any atom is -0.476 e. The van der Waals surface area contributed by atoms with Gasteiger partial charge in [0, 0.05) is 5.57 Å². The third-order valence-corrected chi connectivity index (χ3v) is 3.30. The highest BCUT2D eigenvalue weighted by Crippen LogP contribution is 2.22. The van der Waals surface area contributed by atoms with E-state index in [1.165, 1.54) is 5.57 Å². The Kier molecular flexibility index (Phi) is 6.07. The molecule has 0 N–H and O–H groups in total. The van der Waals surface area contributed by atoms with Crippen LogP contribution in [0.1, 0.15) is 50.4 Å². The van der Waals surface area contributed by atoms with Crippen molar-refractivity contribution in [2.24, 2.45) is 0 Å². The van der Waals surface area contributed by atoms with Crippen LogP contribution >= 0.6 is 0 Å². The molecule has 0 spiro atoms. The van der Waals surface area contributed by atoms with Crippen molar-refractivity contribution < 1.29 is 9.53 Å². The fourth-order valence-electron chi connectivity index (χ4n) is 2.24. The molecule has 0 unspecified atom stereocenters. The van der Waals surface area contributed by atoms with Crippen molar-refractivity contribution >= 4 is 17.4 Å². The van der Waals surface area contributed by atoms with E-state index >= 15 is 0 Å². The van der Waals surface area contributed by atoms with Gasteiger partial charge in [-0.1, -0.05) is 36.8 Å². The topological polar surface area (TPSA) is 56.5 Å². The van der Waals surface area contributed by atoms with Gasteiger partial charge in [-0.05, 0) is 39.3 Å². The van der Waals surface area contributed by atoms with Crippen molar-refractivity contribution in [1.82, 2.24) is 14.6 Å². The van der Waals surface area contributed by atoms with Gasteiger partial charge in [0.2, 0.25) is 5.88 Å². The lowest BCUT2D eigenvalue weighted by atomic mass is 10.2. The summed E-state index contributed by atoms with van der Waals surface area (Å²) in [7, 11) is 0. The minimum atomic E-state index is 0.471. The molecule has 0 aliphatic heterocycles. The summed E-state index contributed by atoms with van der Waals surface area (Å²) in [5.41, 5.74) is 3.26. The summed E-state index contributed by atoms with van der Waals surface area (Å²) < 4.78 is 7.22. The lowest BCUT2D eigenvalue weighted by Gasteiger charge is -2.09. The van der Waals surface area contributed by atoms with Gasteiger partial charge in [-0.15, -0.1) is 5.10 Å². The highest BCUT2D eigenvalue weighted by atomic mass is 16.5. The molecule has 0 aromatic carbocycles. The SMILES string of the molecule is CC/C=C(/C=C\C=C(C)C)c1nc(OCC)c2ccc(C=O)n2n1. The Bertz CT molecular complexity index is 809. The van der Waals surface area contributed by atoms with Gasteiger partial charge in [-0.2, -0.15) is 4.98 Å². The Hall–Kier alpha value is -2.69. The van der Waals surface area contributed by atoms with Crippen LogP contribution < -0.4 is 4.74 Å². The van der Waals surface area contributed by atoms with Crippen molar-refractivity contribution in [2.45, 2.75) is 34.1 Å². The van der Waals surface area contributed by atoms with Crippen LogP contribution in [0.15, 0.2) is 42.0 Å². The van der Waals surface area contributed by atoms with E-state index in [4.69, 9.17) is 4.74 Å². The Balaban J connectivity index is 2.59. The number of rotatable bonds is 7. The molecule has 2 heterocycles. The van der Waals surface area contributed by atoms with Crippen molar-refractivity contribution in [3.05, 3.63) is 53.5 Å². The predicted octanol–water partition coefficient (Wildman–Crippen LogP) is 4.26. The molecule has 0 radical (unpaired) electrons. The highest BCUT2D eigenvalue weighted by Gasteiger charge is 2.13. The Morgan fingerprint density at radius 3 is 2.71 bits per heavy atom. The number of fused-ring (bicyclic) bond motifs is 1. The molecule has 2 aromatic rings. The van der Waals surface area contributed by atoms with Crippen LogP contribution in [-0.4, -0.2) is 27.5 Å². The molecule has 2 aromatic heterocycles. The Labute approximate surface area is 142 Å². The number of ether oxygens (including phenoxy) is 1. The maximum absolute atomic E-state index is 11.2. The molecular weight excluding hydrogens is 302 g/mol. The van der Waals surface area contributed by atoms with Crippen LogP contribution in [0.25, 0.3) is 11.1 Å². The average Bonchev–Trinajstić information content (AvgIpc) is 2.97. The van der Waals surface area contributed by atoms with Gasteiger partial charge in [-0.25, -0.2) is 4.52 Å². The molecule has 2 rings (SSSR count). The van der Waals surface area contributed by atoms with Crippen molar-refractivity contribution in [3.63, 3.8) is 0 Å². The van der Waals surface area contributed by atoms with E-state index in [1.807, 2.05) is 39.0 Å². The van der Waals surface area contributed by atoms with Gasteiger partial charge >= 0.3 is 0 Å². The van der Waals surface area contributed by atoms with E-state index in [0.29, 0.717) is 29.5 Å². The van der Waals surface area contributed by atoms with Gasteiger partial charge in [0.15, 0.2) is 12.1 Å². The second-order valence-electron chi connectivity index (χ2n) is 5.52. The van der Waals surface area contributed by atoms with E-state index in [-0.39, 0.29) is 0 Å². The van der Waals surface area contributed by atoms with Gasteiger partial charge in [0.1, 0.15) is 11.2 Å². The van der Waals surface area contributed by atoms with Crippen LogP contribution in [0.5, 0.6) is 5.88 Å². The number of hydrogen-bond acceptors (Lipinski definition) is 4. The van der Waals surface area contributed by atoms with Crippen molar-refractivity contribution in [3.8, 4) is 5.88 Å². The fourth-order valence-corrected chi connectivity index (χ4v) is 2.24. The molecular formula is C19H23N3O2. The van der Waals surface area contributed by atoms with Gasteiger partial charge in [-0.3, -0.25) is 4.79 Å². The van der Waals surface area contributed by atoms with Crippen LogP contribution in [-0.2, 0) is 0 Å². The Morgan fingerprint density at radius 2 is 2.08 bits per heavy atom. The standard InChI is InChI=1S/C19H23N3O2/c1-5-8-15(10-7-9-14(3)4)18-20-19(24-6-2)17-12-11-16(13-23)22(17)21-18/h7-13H,5-6H2,1-4H3/b10-7-,15-8-. The smallest absolute Gasteiger partial charge is 0.242 e. The summed E-state index contributed by atoms with van der Waals surface area (Å²) >= 11 is 0. The first-order valence-electron chi connectivity index (χ1n) is 8.10. The molecule has 24 heavy (non-hydrogen) atoms. The monoisotopic (exact) mass is 325 g/mol. The van der Waals surface area contributed by atoms with Gasteiger partial charge < -0.3 is 4.74 Å². The Morgan fingerprint density at radius 1 is 1.29 bits per heavy atom. The van der Waals surface area contributed by atoms with E-state index in [9.17, 15) is 4.79 Å². The normalized spacial score (nSPS) is 11.9. The summed E-state index contributed by atoms with van der Waals surface area (Å²) in [5, 5.41) is 4.52. The van der Waals surface area contributed by atoms with E-state index in [2.05, 4.69) is 23.1 Å². The molecule has 126 valence electrons. The summed E-state index contributed by atoms with van der Waals surface area (Å²) in [6.45, 7) is 8.54. The highest BCUT2D eigenvalue weighted by molar-refractivity contribution is 5.77. The first kappa shape index (κ1) is 17.7. The zero-order valence-corrected chi connectivity index (χ0v) is 14.6.